The van der Waals surface area contributed by atoms with Crippen molar-refractivity contribution in [1.82, 2.24) is 10.3 Å². The highest BCUT2D eigenvalue weighted by atomic mass is 35.5. The number of hydrogen-bond donors (Lipinski definition) is 1. The second-order valence-electron chi connectivity index (χ2n) is 6.71. The Kier molecular flexibility index (Phi) is 5.34. The third kappa shape index (κ3) is 4.27. The van der Waals surface area contributed by atoms with Gasteiger partial charge in [0.2, 0.25) is 5.88 Å². The first-order chi connectivity index (χ1) is 13.2. The summed E-state index contributed by atoms with van der Waals surface area (Å²) in [5.41, 5.74) is 0.524. The second kappa shape index (κ2) is 8.05. The molecule has 2 aromatic rings. The second-order valence-corrected chi connectivity index (χ2v) is 7.15. The lowest BCUT2D eigenvalue weighted by molar-refractivity contribution is 0.0880. The van der Waals surface area contributed by atoms with Gasteiger partial charge in [-0.1, -0.05) is 17.7 Å². The van der Waals surface area contributed by atoms with Gasteiger partial charge in [-0.3, -0.25) is 4.79 Å². The number of nitrogens with zero attached hydrogens (tertiary/aromatic N) is 1. The largest absolute Gasteiger partial charge is 0.486 e. The molecule has 0 atom stereocenters. The van der Waals surface area contributed by atoms with Crippen molar-refractivity contribution in [1.29, 1.82) is 0 Å². The Balaban J connectivity index is 1.31. The Bertz CT molecular complexity index is 804. The number of hydrogen-bond acceptors (Lipinski definition) is 5. The van der Waals surface area contributed by atoms with E-state index in [1.165, 1.54) is 0 Å². The van der Waals surface area contributed by atoms with Crippen molar-refractivity contribution < 1.29 is 19.0 Å². The molecule has 2 heterocycles. The van der Waals surface area contributed by atoms with Crippen molar-refractivity contribution in [3.63, 3.8) is 0 Å². The van der Waals surface area contributed by atoms with Crippen LogP contribution in [0, 0.1) is 0 Å². The Morgan fingerprint density at radius 1 is 1.11 bits per heavy atom. The predicted octanol–water partition coefficient (Wildman–Crippen LogP) is 3.63. The van der Waals surface area contributed by atoms with Crippen LogP contribution in [0.3, 0.4) is 0 Å². The average Bonchev–Trinajstić information content (AvgIpc) is 2.71. The summed E-state index contributed by atoms with van der Waals surface area (Å²) in [7, 11) is 0. The lowest BCUT2D eigenvalue weighted by Gasteiger charge is -2.29. The van der Waals surface area contributed by atoms with Crippen molar-refractivity contribution in [2.45, 2.75) is 37.8 Å². The fraction of sp³-hybridized carbons (Fsp3) is 0.400. The maximum absolute atomic E-state index is 12.7. The molecule has 0 saturated heterocycles. The van der Waals surface area contributed by atoms with E-state index >= 15 is 0 Å². The monoisotopic (exact) mass is 388 g/mol. The average molecular weight is 389 g/mol. The molecule has 1 aromatic carbocycles. The van der Waals surface area contributed by atoms with Gasteiger partial charge in [0, 0.05) is 18.3 Å². The number of carbonyl (C=O) groups excluding carboxylic acids is 1. The van der Waals surface area contributed by atoms with Crippen LogP contribution in [0.1, 0.15) is 36.0 Å². The van der Waals surface area contributed by atoms with Gasteiger partial charge in [0.15, 0.2) is 11.5 Å². The molecule has 0 unspecified atom stereocenters. The number of rotatable bonds is 4. The number of halogens is 1. The topological polar surface area (TPSA) is 69.7 Å². The van der Waals surface area contributed by atoms with Gasteiger partial charge in [-0.2, -0.15) is 0 Å². The van der Waals surface area contributed by atoms with Crippen molar-refractivity contribution in [2.24, 2.45) is 0 Å². The smallest absolute Gasteiger partial charge is 0.255 e. The maximum Gasteiger partial charge on any atom is 0.255 e. The molecule has 1 N–H and O–H groups in total. The highest BCUT2D eigenvalue weighted by molar-refractivity contribution is 6.30. The number of fused-ring (bicyclic) bond motifs is 1. The fourth-order valence-corrected chi connectivity index (χ4v) is 3.56. The highest BCUT2D eigenvalue weighted by Gasteiger charge is 2.26. The van der Waals surface area contributed by atoms with E-state index in [4.69, 9.17) is 25.8 Å². The SMILES string of the molecule is O=C(NC1CCC(Oc2ccc(Cl)cn2)CC1)c1cccc2c1OCCO2. The number of para-hydroxylation sites is 1. The maximum atomic E-state index is 12.7. The van der Waals surface area contributed by atoms with Crippen LogP contribution in [0.2, 0.25) is 5.02 Å². The molecule has 4 rings (SSSR count). The molecule has 6 nitrogen and oxygen atoms in total. The standard InChI is InChI=1S/C20H21ClN2O4/c21-13-4-9-18(22-12-13)27-15-7-5-14(6-8-15)23-20(24)16-2-1-3-17-19(16)26-11-10-25-17/h1-4,9,12,14-15H,5-8,10-11H2,(H,23,24). The van der Waals surface area contributed by atoms with E-state index in [1.807, 2.05) is 12.1 Å². The van der Waals surface area contributed by atoms with E-state index < -0.39 is 0 Å². The fourth-order valence-electron chi connectivity index (χ4n) is 3.44. The number of ether oxygens (including phenoxy) is 3. The van der Waals surface area contributed by atoms with Gasteiger partial charge in [0.25, 0.3) is 5.91 Å². The number of benzene rings is 1. The zero-order valence-corrected chi connectivity index (χ0v) is 15.6. The van der Waals surface area contributed by atoms with Crippen LogP contribution >= 0.6 is 11.6 Å². The van der Waals surface area contributed by atoms with E-state index in [9.17, 15) is 4.79 Å². The van der Waals surface area contributed by atoms with Crippen LogP contribution in [0.25, 0.3) is 0 Å². The minimum Gasteiger partial charge on any atom is -0.486 e. The molecule has 27 heavy (non-hydrogen) atoms. The number of carbonyl (C=O) groups is 1. The van der Waals surface area contributed by atoms with E-state index in [-0.39, 0.29) is 18.1 Å². The van der Waals surface area contributed by atoms with E-state index in [1.54, 1.807) is 24.4 Å². The van der Waals surface area contributed by atoms with Gasteiger partial charge in [-0.05, 0) is 43.9 Å². The summed E-state index contributed by atoms with van der Waals surface area (Å²) in [4.78, 5) is 16.9. The van der Waals surface area contributed by atoms with Gasteiger partial charge in [-0.15, -0.1) is 0 Å². The molecule has 1 aliphatic carbocycles. The van der Waals surface area contributed by atoms with Crippen LogP contribution in [-0.4, -0.2) is 36.3 Å². The van der Waals surface area contributed by atoms with Gasteiger partial charge < -0.3 is 19.5 Å². The molecule has 2 aliphatic rings. The van der Waals surface area contributed by atoms with Crippen LogP contribution in [-0.2, 0) is 0 Å². The molecule has 1 aliphatic heterocycles. The van der Waals surface area contributed by atoms with Crippen LogP contribution in [0.15, 0.2) is 36.5 Å². The quantitative estimate of drug-likeness (QED) is 0.866. The van der Waals surface area contributed by atoms with Gasteiger partial charge in [-0.25, -0.2) is 4.98 Å². The van der Waals surface area contributed by atoms with E-state index in [0.29, 0.717) is 41.2 Å². The summed E-state index contributed by atoms with van der Waals surface area (Å²) >= 11 is 5.84. The van der Waals surface area contributed by atoms with E-state index in [2.05, 4.69) is 10.3 Å². The molecule has 1 aromatic heterocycles. The zero-order valence-electron chi connectivity index (χ0n) is 14.8. The van der Waals surface area contributed by atoms with Crippen LogP contribution < -0.4 is 19.5 Å². The molecule has 0 spiro atoms. The van der Waals surface area contributed by atoms with E-state index in [0.717, 1.165) is 25.7 Å². The molecule has 1 saturated carbocycles. The Morgan fingerprint density at radius 3 is 2.70 bits per heavy atom. The van der Waals surface area contributed by atoms with Gasteiger partial charge >= 0.3 is 0 Å². The molecular weight excluding hydrogens is 368 g/mol. The van der Waals surface area contributed by atoms with Crippen molar-refractivity contribution >= 4 is 17.5 Å². The van der Waals surface area contributed by atoms with Crippen LogP contribution in [0.4, 0.5) is 0 Å². The first-order valence-electron chi connectivity index (χ1n) is 9.17. The lowest BCUT2D eigenvalue weighted by Crippen LogP contribution is -2.40. The first kappa shape index (κ1) is 17.9. The summed E-state index contributed by atoms with van der Waals surface area (Å²) in [6.07, 6.45) is 5.12. The van der Waals surface area contributed by atoms with Crippen molar-refractivity contribution in [2.75, 3.05) is 13.2 Å². The summed E-state index contributed by atoms with van der Waals surface area (Å²) in [6, 6.07) is 9.06. The molecule has 0 bridgehead atoms. The Labute approximate surface area is 162 Å². The molecule has 1 fully saturated rings. The molecule has 1 amide bonds. The third-order valence-corrected chi connectivity index (χ3v) is 5.03. The Morgan fingerprint density at radius 2 is 1.93 bits per heavy atom. The summed E-state index contributed by atoms with van der Waals surface area (Å²) in [5, 5.41) is 3.70. The molecule has 142 valence electrons. The first-order valence-corrected chi connectivity index (χ1v) is 9.54. The normalized spacial score (nSPS) is 21.4. The summed E-state index contributed by atoms with van der Waals surface area (Å²) in [6.45, 7) is 0.961. The van der Waals surface area contributed by atoms with Crippen LogP contribution in [0.5, 0.6) is 17.4 Å². The number of pyridine rings is 1. The third-order valence-electron chi connectivity index (χ3n) is 4.81. The number of aromatic nitrogens is 1. The lowest BCUT2D eigenvalue weighted by atomic mass is 9.92. The summed E-state index contributed by atoms with van der Waals surface area (Å²) in [5.74, 6) is 1.62. The van der Waals surface area contributed by atoms with Crippen molar-refractivity contribution in [3.8, 4) is 17.4 Å². The summed E-state index contributed by atoms with van der Waals surface area (Å²) < 4.78 is 17.1. The highest BCUT2D eigenvalue weighted by Crippen LogP contribution is 2.34. The number of amides is 1. The van der Waals surface area contributed by atoms with Crippen molar-refractivity contribution in [3.05, 3.63) is 47.1 Å². The molecular formula is C20H21ClN2O4. The molecule has 7 heteroatoms. The minimum absolute atomic E-state index is 0.105. The predicted molar refractivity (Wildman–Crippen MR) is 101 cm³/mol. The minimum atomic E-state index is -0.124. The van der Waals surface area contributed by atoms with Gasteiger partial charge in [0.1, 0.15) is 19.3 Å². The van der Waals surface area contributed by atoms with Gasteiger partial charge in [0.05, 0.1) is 10.6 Å². The molecule has 0 radical (unpaired) electrons. The zero-order chi connectivity index (χ0) is 18.6. The Hall–Kier alpha value is -2.47. The number of nitrogens with one attached hydrogen (secondary N) is 1.